The summed E-state index contributed by atoms with van der Waals surface area (Å²) in [7, 11) is 1.71. The van der Waals surface area contributed by atoms with Crippen LogP contribution in [0.5, 0.6) is 0 Å². The monoisotopic (exact) mass is 262 g/mol. The van der Waals surface area contributed by atoms with Crippen molar-refractivity contribution in [3.63, 3.8) is 0 Å². The summed E-state index contributed by atoms with van der Waals surface area (Å²) in [5, 5.41) is 14.3. The first kappa shape index (κ1) is 12.3. The van der Waals surface area contributed by atoms with E-state index in [-0.39, 0.29) is 5.69 Å². The lowest BCUT2D eigenvalue weighted by atomic mass is 10.3. The van der Waals surface area contributed by atoms with Gasteiger partial charge in [0.05, 0.1) is 4.92 Å². The van der Waals surface area contributed by atoms with Crippen molar-refractivity contribution in [1.82, 2.24) is 9.97 Å². The molecule has 18 heavy (non-hydrogen) atoms. The van der Waals surface area contributed by atoms with Crippen LogP contribution in [0.1, 0.15) is 0 Å². The summed E-state index contributed by atoms with van der Waals surface area (Å²) >= 11 is 1.28. The van der Waals surface area contributed by atoms with Gasteiger partial charge < -0.3 is 5.32 Å². The molecule has 0 radical (unpaired) electrons. The summed E-state index contributed by atoms with van der Waals surface area (Å²) in [5.74, 6) is 0. The van der Waals surface area contributed by atoms with Gasteiger partial charge in [0.15, 0.2) is 5.16 Å². The quantitative estimate of drug-likeness (QED) is 0.518. The maximum absolute atomic E-state index is 10.8. The third-order valence-electron chi connectivity index (χ3n) is 2.14. The smallest absolute Gasteiger partial charge is 0.272 e. The number of nitrogens with one attached hydrogen (secondary N) is 1. The van der Waals surface area contributed by atoms with Crippen molar-refractivity contribution in [3.8, 4) is 0 Å². The minimum atomic E-state index is -0.420. The molecule has 0 unspecified atom stereocenters. The number of nitro benzene ring substituents is 1. The molecular formula is C11H10N4O2S. The van der Waals surface area contributed by atoms with Crippen molar-refractivity contribution < 1.29 is 4.92 Å². The van der Waals surface area contributed by atoms with Gasteiger partial charge in [-0.3, -0.25) is 10.1 Å². The predicted octanol–water partition coefficient (Wildman–Crippen LogP) is 2.58. The molecule has 0 saturated heterocycles. The Hall–Kier alpha value is -2.15. The fraction of sp³-hybridized carbons (Fsp3) is 0.0909. The highest BCUT2D eigenvalue weighted by molar-refractivity contribution is 7.99. The van der Waals surface area contributed by atoms with Crippen LogP contribution in [0.3, 0.4) is 0 Å². The molecular weight excluding hydrogens is 252 g/mol. The van der Waals surface area contributed by atoms with Crippen LogP contribution in [0.25, 0.3) is 0 Å². The lowest BCUT2D eigenvalue weighted by Gasteiger charge is -2.04. The van der Waals surface area contributed by atoms with Crippen LogP contribution in [-0.2, 0) is 0 Å². The van der Waals surface area contributed by atoms with Gasteiger partial charge in [-0.25, -0.2) is 9.97 Å². The number of non-ortho nitro benzene ring substituents is 1. The third-order valence-corrected chi connectivity index (χ3v) is 3.01. The van der Waals surface area contributed by atoms with Gasteiger partial charge in [-0.2, -0.15) is 0 Å². The van der Waals surface area contributed by atoms with Gasteiger partial charge in [-0.15, -0.1) is 0 Å². The SMILES string of the molecule is CNc1cc(Sc2ncccn2)cc([N+](=O)[O-])c1. The Bertz CT molecular complexity index is 562. The fourth-order valence-corrected chi connectivity index (χ4v) is 2.14. The Labute approximate surface area is 108 Å². The first-order valence-corrected chi connectivity index (χ1v) is 5.93. The number of aromatic nitrogens is 2. The molecule has 0 amide bonds. The van der Waals surface area contributed by atoms with Crippen molar-refractivity contribution in [3.05, 3.63) is 46.8 Å². The normalized spacial score (nSPS) is 10.1. The van der Waals surface area contributed by atoms with Gasteiger partial charge in [0, 0.05) is 42.2 Å². The summed E-state index contributed by atoms with van der Waals surface area (Å²) in [6, 6.07) is 6.52. The Kier molecular flexibility index (Phi) is 3.73. The molecule has 2 rings (SSSR count). The number of nitro groups is 1. The molecule has 2 aromatic rings. The van der Waals surface area contributed by atoms with Gasteiger partial charge in [0.25, 0.3) is 5.69 Å². The van der Waals surface area contributed by atoms with Crippen LogP contribution in [0.4, 0.5) is 11.4 Å². The zero-order valence-corrected chi connectivity index (χ0v) is 10.3. The van der Waals surface area contributed by atoms with E-state index < -0.39 is 4.92 Å². The van der Waals surface area contributed by atoms with E-state index in [1.54, 1.807) is 25.5 Å². The molecule has 0 aliphatic heterocycles. The molecule has 1 heterocycles. The van der Waals surface area contributed by atoms with Crippen LogP contribution in [0, 0.1) is 10.1 Å². The van der Waals surface area contributed by atoms with Crippen LogP contribution < -0.4 is 5.32 Å². The zero-order valence-electron chi connectivity index (χ0n) is 9.53. The first-order valence-electron chi connectivity index (χ1n) is 5.11. The standard InChI is InChI=1S/C11H10N4O2S/c1-12-8-5-9(15(16)17)7-10(6-8)18-11-13-3-2-4-14-11/h2-7,12H,1H3. The number of anilines is 1. The van der Waals surface area contributed by atoms with E-state index in [2.05, 4.69) is 15.3 Å². The third kappa shape index (κ3) is 2.95. The minimum Gasteiger partial charge on any atom is -0.388 e. The average Bonchev–Trinajstić information content (AvgIpc) is 2.39. The van der Waals surface area contributed by atoms with E-state index in [0.717, 1.165) is 4.90 Å². The Morgan fingerprint density at radius 3 is 2.61 bits per heavy atom. The highest BCUT2D eigenvalue weighted by atomic mass is 32.2. The Balaban J connectivity index is 2.32. The zero-order chi connectivity index (χ0) is 13.0. The molecule has 0 bridgehead atoms. The Morgan fingerprint density at radius 1 is 1.28 bits per heavy atom. The van der Waals surface area contributed by atoms with Crippen molar-refractivity contribution >= 4 is 23.1 Å². The molecule has 92 valence electrons. The molecule has 0 saturated carbocycles. The van der Waals surface area contributed by atoms with Gasteiger partial charge in [0.2, 0.25) is 0 Å². The highest BCUT2D eigenvalue weighted by Gasteiger charge is 2.10. The lowest BCUT2D eigenvalue weighted by molar-refractivity contribution is -0.385. The molecule has 0 atom stereocenters. The van der Waals surface area contributed by atoms with E-state index in [1.165, 1.54) is 23.9 Å². The van der Waals surface area contributed by atoms with E-state index in [1.807, 2.05) is 6.07 Å². The summed E-state index contributed by atoms with van der Waals surface area (Å²) in [4.78, 5) is 19.2. The molecule has 1 aromatic heterocycles. The van der Waals surface area contributed by atoms with E-state index in [0.29, 0.717) is 10.8 Å². The summed E-state index contributed by atoms with van der Waals surface area (Å²) in [5.41, 5.74) is 0.725. The van der Waals surface area contributed by atoms with Crippen molar-refractivity contribution in [2.45, 2.75) is 10.1 Å². The van der Waals surface area contributed by atoms with Gasteiger partial charge >= 0.3 is 0 Å². The number of hydrogen-bond acceptors (Lipinski definition) is 6. The van der Waals surface area contributed by atoms with E-state index in [4.69, 9.17) is 0 Å². The minimum absolute atomic E-state index is 0.0419. The summed E-state index contributed by atoms with van der Waals surface area (Å²) in [6.45, 7) is 0. The second-order valence-electron chi connectivity index (χ2n) is 3.36. The van der Waals surface area contributed by atoms with Gasteiger partial charge in [-0.05, 0) is 23.9 Å². The second kappa shape index (κ2) is 5.46. The van der Waals surface area contributed by atoms with Crippen LogP contribution in [0.2, 0.25) is 0 Å². The Morgan fingerprint density at radius 2 is 2.00 bits per heavy atom. The molecule has 6 nitrogen and oxygen atoms in total. The van der Waals surface area contributed by atoms with Gasteiger partial charge in [0.1, 0.15) is 0 Å². The summed E-state index contributed by atoms with van der Waals surface area (Å²) < 4.78 is 0. The summed E-state index contributed by atoms with van der Waals surface area (Å²) in [6.07, 6.45) is 3.26. The van der Waals surface area contributed by atoms with Crippen molar-refractivity contribution in [2.24, 2.45) is 0 Å². The maximum Gasteiger partial charge on any atom is 0.272 e. The highest BCUT2D eigenvalue weighted by Crippen LogP contribution is 2.30. The molecule has 1 N–H and O–H groups in total. The second-order valence-corrected chi connectivity index (χ2v) is 4.40. The van der Waals surface area contributed by atoms with Crippen LogP contribution in [0.15, 0.2) is 46.7 Å². The fourth-order valence-electron chi connectivity index (χ4n) is 1.34. The number of hydrogen-bond donors (Lipinski definition) is 1. The van der Waals surface area contributed by atoms with Crippen molar-refractivity contribution in [2.75, 3.05) is 12.4 Å². The first-order chi connectivity index (χ1) is 8.69. The molecule has 0 fully saturated rings. The predicted molar refractivity (Wildman–Crippen MR) is 68.8 cm³/mol. The number of benzene rings is 1. The maximum atomic E-state index is 10.8. The number of rotatable bonds is 4. The largest absolute Gasteiger partial charge is 0.388 e. The lowest BCUT2D eigenvalue weighted by Crippen LogP contribution is -1.93. The molecule has 0 aliphatic carbocycles. The molecule has 7 heteroatoms. The van der Waals surface area contributed by atoms with Crippen LogP contribution >= 0.6 is 11.8 Å². The van der Waals surface area contributed by atoms with Crippen molar-refractivity contribution in [1.29, 1.82) is 0 Å². The molecule has 0 aliphatic rings. The molecule has 0 spiro atoms. The average molecular weight is 262 g/mol. The number of nitrogens with zero attached hydrogens (tertiary/aromatic N) is 3. The molecule has 1 aromatic carbocycles. The van der Waals surface area contributed by atoms with E-state index in [9.17, 15) is 10.1 Å². The van der Waals surface area contributed by atoms with Gasteiger partial charge in [-0.1, -0.05) is 0 Å². The topological polar surface area (TPSA) is 81.0 Å². The van der Waals surface area contributed by atoms with E-state index >= 15 is 0 Å². The van der Waals surface area contributed by atoms with Crippen LogP contribution in [-0.4, -0.2) is 21.9 Å².